The number of hydrogen-bond donors (Lipinski definition) is 4. The Bertz CT molecular complexity index is 656. The number of anilines is 2. The molecule has 0 saturated carbocycles. The van der Waals surface area contributed by atoms with Gasteiger partial charge in [0.2, 0.25) is 5.82 Å². The lowest BCUT2D eigenvalue weighted by molar-refractivity contribution is 0.102. The van der Waals surface area contributed by atoms with Crippen LogP contribution in [-0.2, 0) is 0 Å². The first-order chi connectivity index (χ1) is 8.91. The Kier molecular flexibility index (Phi) is 3.03. The largest absolute Gasteiger partial charge is 0.503 e. The molecule has 1 aromatic carbocycles. The Hall–Kier alpha value is -2.71. The third kappa shape index (κ3) is 2.17. The molecule has 0 aliphatic carbocycles. The van der Waals surface area contributed by atoms with E-state index in [1.165, 1.54) is 6.20 Å². The highest BCUT2D eigenvalue weighted by Gasteiger charge is 2.23. The Balaban J connectivity index is 2.37. The molecule has 5 N–H and O–H groups in total. The van der Waals surface area contributed by atoms with E-state index in [1.807, 2.05) is 0 Å². The average Bonchev–Trinajstić information content (AvgIpc) is 2.77. The van der Waals surface area contributed by atoms with Gasteiger partial charge in [-0.2, -0.15) is 9.49 Å². The number of aromatic nitrogens is 2. The zero-order chi connectivity index (χ0) is 14.2. The molecule has 6 nitrogen and oxygen atoms in total. The molecule has 0 spiro atoms. The van der Waals surface area contributed by atoms with Crippen LogP contribution in [0.2, 0.25) is 0 Å². The van der Waals surface area contributed by atoms with E-state index >= 15 is 0 Å². The van der Waals surface area contributed by atoms with Crippen LogP contribution >= 0.6 is 0 Å². The Morgan fingerprint density at radius 3 is 2.63 bits per heavy atom. The van der Waals surface area contributed by atoms with Gasteiger partial charge in [-0.1, -0.05) is 0 Å². The zero-order valence-electron chi connectivity index (χ0n) is 9.17. The lowest BCUT2D eigenvalue weighted by atomic mass is 10.1. The van der Waals surface area contributed by atoms with Gasteiger partial charge < -0.3 is 16.2 Å². The molecular weight excluding hydrogens is 265 g/mol. The first-order valence-electron chi connectivity index (χ1n) is 4.88. The van der Waals surface area contributed by atoms with Crippen LogP contribution in [-0.4, -0.2) is 21.2 Å². The smallest absolute Gasteiger partial charge is 0.260 e. The number of nitrogens with two attached hydrogens (primary N) is 1. The van der Waals surface area contributed by atoms with Crippen LogP contribution in [0.1, 0.15) is 10.4 Å². The number of nitrogens with zero attached hydrogens (tertiary/aromatic N) is 1. The van der Waals surface area contributed by atoms with Crippen LogP contribution in [0, 0.1) is 17.5 Å². The topological polar surface area (TPSA) is 104 Å². The zero-order valence-corrected chi connectivity index (χ0v) is 9.17. The predicted molar refractivity (Wildman–Crippen MR) is 58.9 cm³/mol. The molecule has 100 valence electrons. The molecule has 9 heteroatoms. The third-order valence-corrected chi connectivity index (χ3v) is 2.28. The van der Waals surface area contributed by atoms with Gasteiger partial charge in [0, 0.05) is 0 Å². The standard InChI is InChI=1S/C10H7F3N4O2/c11-4-1-3(6(12)8(18)7(4)13)10(19)16-9-5(14)2-15-17-9/h1-2,18H,14H2,(H2,15,16,17,19). The molecule has 0 fully saturated rings. The Morgan fingerprint density at radius 1 is 1.37 bits per heavy atom. The minimum atomic E-state index is -1.77. The summed E-state index contributed by atoms with van der Waals surface area (Å²) in [6, 6.07) is 0.326. The number of nitrogen functional groups attached to an aromatic ring is 1. The lowest BCUT2D eigenvalue weighted by Crippen LogP contribution is -2.16. The fourth-order valence-electron chi connectivity index (χ4n) is 1.33. The van der Waals surface area contributed by atoms with Crippen molar-refractivity contribution in [2.24, 2.45) is 0 Å². The van der Waals surface area contributed by atoms with Crippen molar-refractivity contribution in [3.63, 3.8) is 0 Å². The molecule has 2 aromatic rings. The van der Waals surface area contributed by atoms with E-state index in [-0.39, 0.29) is 11.5 Å². The number of phenolic OH excluding ortho intramolecular Hbond substituents is 1. The van der Waals surface area contributed by atoms with Gasteiger partial charge in [0.1, 0.15) is 0 Å². The first-order valence-corrected chi connectivity index (χ1v) is 4.88. The van der Waals surface area contributed by atoms with Crippen molar-refractivity contribution in [2.75, 3.05) is 11.1 Å². The highest BCUT2D eigenvalue weighted by molar-refractivity contribution is 6.05. The molecule has 0 bridgehead atoms. The van der Waals surface area contributed by atoms with E-state index in [0.717, 1.165) is 0 Å². The van der Waals surface area contributed by atoms with Gasteiger partial charge in [0.15, 0.2) is 23.2 Å². The quantitative estimate of drug-likeness (QED) is 0.620. The average molecular weight is 272 g/mol. The van der Waals surface area contributed by atoms with E-state index < -0.39 is 34.7 Å². The summed E-state index contributed by atoms with van der Waals surface area (Å²) in [4.78, 5) is 11.6. The normalized spacial score (nSPS) is 10.5. The lowest BCUT2D eigenvalue weighted by Gasteiger charge is -2.07. The van der Waals surface area contributed by atoms with Gasteiger partial charge in [-0.25, -0.2) is 8.78 Å². The molecule has 0 atom stereocenters. The van der Waals surface area contributed by atoms with Crippen LogP contribution in [0.15, 0.2) is 12.3 Å². The highest BCUT2D eigenvalue weighted by Crippen LogP contribution is 2.26. The summed E-state index contributed by atoms with van der Waals surface area (Å²) >= 11 is 0. The van der Waals surface area contributed by atoms with Crippen LogP contribution in [0.5, 0.6) is 5.75 Å². The van der Waals surface area contributed by atoms with Crippen LogP contribution in [0.4, 0.5) is 24.7 Å². The molecule has 0 unspecified atom stereocenters. The molecular formula is C10H7F3N4O2. The highest BCUT2D eigenvalue weighted by atomic mass is 19.2. The molecule has 0 radical (unpaired) electrons. The number of carbonyl (C=O) groups excluding carboxylic acids is 1. The SMILES string of the molecule is Nc1cn[nH]c1NC(=O)c1cc(F)c(F)c(O)c1F. The molecule has 0 aliphatic heterocycles. The van der Waals surface area contributed by atoms with Crippen molar-refractivity contribution in [1.29, 1.82) is 0 Å². The summed E-state index contributed by atoms with van der Waals surface area (Å²) in [5.74, 6) is -7.62. The first kappa shape index (κ1) is 12.7. The van der Waals surface area contributed by atoms with Crippen molar-refractivity contribution < 1.29 is 23.1 Å². The predicted octanol–water partition coefficient (Wildman–Crippen LogP) is 1.37. The molecule has 1 amide bonds. The van der Waals surface area contributed by atoms with E-state index in [2.05, 4.69) is 15.5 Å². The van der Waals surface area contributed by atoms with Crippen LogP contribution in [0.3, 0.4) is 0 Å². The van der Waals surface area contributed by atoms with Gasteiger partial charge in [0.25, 0.3) is 5.91 Å². The number of aromatic amines is 1. The fraction of sp³-hybridized carbons (Fsp3) is 0. The van der Waals surface area contributed by atoms with E-state index in [1.54, 1.807) is 0 Å². The maximum Gasteiger partial charge on any atom is 0.260 e. The summed E-state index contributed by atoms with van der Waals surface area (Å²) in [5.41, 5.74) is 4.60. The van der Waals surface area contributed by atoms with E-state index in [0.29, 0.717) is 6.07 Å². The van der Waals surface area contributed by atoms with E-state index in [4.69, 9.17) is 10.8 Å². The van der Waals surface area contributed by atoms with Gasteiger partial charge in [-0.15, -0.1) is 0 Å². The Morgan fingerprint density at radius 2 is 2.05 bits per heavy atom. The summed E-state index contributed by atoms with van der Waals surface area (Å²) in [6.07, 6.45) is 1.19. The maximum absolute atomic E-state index is 13.4. The number of H-pyrrole nitrogens is 1. The Labute approximate surface area is 104 Å². The second kappa shape index (κ2) is 4.52. The second-order valence-corrected chi connectivity index (χ2v) is 3.54. The third-order valence-electron chi connectivity index (χ3n) is 2.28. The number of aromatic hydroxyl groups is 1. The van der Waals surface area contributed by atoms with Gasteiger partial charge in [-0.3, -0.25) is 9.89 Å². The van der Waals surface area contributed by atoms with Crippen molar-refractivity contribution in [1.82, 2.24) is 10.2 Å². The summed E-state index contributed by atoms with van der Waals surface area (Å²) < 4.78 is 39.3. The molecule has 1 heterocycles. The fourth-order valence-corrected chi connectivity index (χ4v) is 1.33. The number of rotatable bonds is 2. The maximum atomic E-state index is 13.4. The van der Waals surface area contributed by atoms with Gasteiger partial charge >= 0.3 is 0 Å². The van der Waals surface area contributed by atoms with Gasteiger partial charge in [0.05, 0.1) is 17.4 Å². The monoisotopic (exact) mass is 272 g/mol. The number of benzene rings is 1. The molecule has 19 heavy (non-hydrogen) atoms. The second-order valence-electron chi connectivity index (χ2n) is 3.54. The summed E-state index contributed by atoms with van der Waals surface area (Å²) in [6.45, 7) is 0. The van der Waals surface area contributed by atoms with E-state index in [9.17, 15) is 18.0 Å². The molecule has 0 saturated heterocycles. The van der Waals surface area contributed by atoms with Crippen molar-refractivity contribution >= 4 is 17.4 Å². The van der Waals surface area contributed by atoms with Crippen LogP contribution < -0.4 is 11.1 Å². The number of halogens is 3. The number of phenols is 1. The van der Waals surface area contributed by atoms with Crippen LogP contribution in [0.25, 0.3) is 0 Å². The van der Waals surface area contributed by atoms with Gasteiger partial charge in [-0.05, 0) is 6.07 Å². The number of hydrogen-bond acceptors (Lipinski definition) is 4. The molecule has 1 aromatic heterocycles. The number of nitrogens with one attached hydrogen (secondary N) is 2. The van der Waals surface area contributed by atoms with Crippen molar-refractivity contribution in [3.8, 4) is 5.75 Å². The number of carbonyl (C=O) groups is 1. The molecule has 0 aliphatic rings. The molecule has 2 rings (SSSR count). The van der Waals surface area contributed by atoms with Crippen molar-refractivity contribution in [3.05, 3.63) is 35.3 Å². The summed E-state index contributed by atoms with van der Waals surface area (Å²) in [7, 11) is 0. The van der Waals surface area contributed by atoms with Crippen molar-refractivity contribution in [2.45, 2.75) is 0 Å². The minimum Gasteiger partial charge on any atom is -0.503 e. The summed E-state index contributed by atoms with van der Waals surface area (Å²) in [5, 5.41) is 16.9. The minimum absolute atomic E-state index is 0.0337. The number of amides is 1.